The number of ether oxygens (including phenoxy) is 2. The number of hydrogen-bond acceptors (Lipinski definition) is 5. The van der Waals surface area contributed by atoms with Crippen molar-refractivity contribution in [3.05, 3.63) is 77.4 Å². The van der Waals surface area contributed by atoms with Crippen molar-refractivity contribution < 1.29 is 22.7 Å². The fourth-order valence-electron chi connectivity index (χ4n) is 3.43. The van der Waals surface area contributed by atoms with E-state index in [2.05, 4.69) is 16.1 Å². The Hall–Kier alpha value is -3.52. The van der Waals surface area contributed by atoms with Gasteiger partial charge in [0, 0.05) is 17.8 Å². The molecule has 1 amide bonds. The molecule has 0 aliphatic heterocycles. The molecule has 0 bridgehead atoms. The van der Waals surface area contributed by atoms with Crippen LogP contribution in [0.25, 0.3) is 0 Å². The summed E-state index contributed by atoms with van der Waals surface area (Å²) in [6.07, 6.45) is 0.875. The summed E-state index contributed by atoms with van der Waals surface area (Å²) in [4.78, 5) is 12.4. The van der Waals surface area contributed by atoms with Crippen LogP contribution in [0.3, 0.4) is 0 Å². The van der Waals surface area contributed by atoms with E-state index in [0.717, 1.165) is 11.1 Å². The second-order valence-corrected chi connectivity index (χ2v) is 9.33. The Morgan fingerprint density at radius 2 is 1.58 bits per heavy atom. The predicted molar refractivity (Wildman–Crippen MR) is 130 cm³/mol. The summed E-state index contributed by atoms with van der Waals surface area (Å²) in [6, 6.07) is 17.2. The van der Waals surface area contributed by atoms with E-state index in [4.69, 9.17) is 9.47 Å². The standard InChI is InChI=1S/C25H28N2O5S/c1-17-5-6-19(18(2)15-17)7-14-25(28)26-21-10-13-23(32-4)24(16-21)33(29,30)27-20-8-11-22(31-3)12-9-20/h5-6,8-13,15-16,27H,7,14H2,1-4H3,(H,26,28). The minimum atomic E-state index is -3.97. The van der Waals surface area contributed by atoms with Crippen molar-refractivity contribution in [1.82, 2.24) is 0 Å². The first kappa shape index (κ1) is 24.1. The molecule has 0 unspecified atom stereocenters. The van der Waals surface area contributed by atoms with E-state index in [9.17, 15) is 13.2 Å². The van der Waals surface area contributed by atoms with Gasteiger partial charge in [0.15, 0.2) is 0 Å². The average Bonchev–Trinajstić information content (AvgIpc) is 2.78. The van der Waals surface area contributed by atoms with Crippen LogP contribution in [0.5, 0.6) is 11.5 Å². The van der Waals surface area contributed by atoms with Gasteiger partial charge in [-0.05, 0) is 73.9 Å². The van der Waals surface area contributed by atoms with E-state index >= 15 is 0 Å². The van der Waals surface area contributed by atoms with Gasteiger partial charge in [-0.15, -0.1) is 0 Å². The summed E-state index contributed by atoms with van der Waals surface area (Å²) in [5, 5.41) is 2.78. The first-order valence-corrected chi connectivity index (χ1v) is 11.9. The van der Waals surface area contributed by atoms with Gasteiger partial charge >= 0.3 is 0 Å². The number of amides is 1. The van der Waals surface area contributed by atoms with Crippen LogP contribution in [-0.2, 0) is 21.2 Å². The highest BCUT2D eigenvalue weighted by Gasteiger charge is 2.21. The molecule has 0 radical (unpaired) electrons. The fourth-order valence-corrected chi connectivity index (χ4v) is 4.69. The Morgan fingerprint density at radius 3 is 2.21 bits per heavy atom. The van der Waals surface area contributed by atoms with E-state index < -0.39 is 10.0 Å². The lowest BCUT2D eigenvalue weighted by Crippen LogP contribution is -2.16. The Labute approximate surface area is 194 Å². The molecule has 3 aromatic carbocycles. The summed E-state index contributed by atoms with van der Waals surface area (Å²) in [6.45, 7) is 4.05. The maximum atomic E-state index is 13.0. The number of benzene rings is 3. The molecular weight excluding hydrogens is 440 g/mol. The zero-order chi connectivity index (χ0) is 24.0. The van der Waals surface area contributed by atoms with E-state index in [-0.39, 0.29) is 23.0 Å². The van der Waals surface area contributed by atoms with Gasteiger partial charge in [0.25, 0.3) is 10.0 Å². The van der Waals surface area contributed by atoms with Gasteiger partial charge < -0.3 is 14.8 Å². The third-order valence-corrected chi connectivity index (χ3v) is 6.60. The number of carbonyl (C=O) groups is 1. The van der Waals surface area contributed by atoms with Gasteiger partial charge in [-0.2, -0.15) is 0 Å². The summed E-state index contributed by atoms with van der Waals surface area (Å²) in [5.41, 5.74) is 4.18. The van der Waals surface area contributed by atoms with Crippen molar-refractivity contribution in [3.8, 4) is 11.5 Å². The highest BCUT2D eigenvalue weighted by atomic mass is 32.2. The molecule has 0 spiro atoms. The largest absolute Gasteiger partial charge is 0.497 e. The van der Waals surface area contributed by atoms with Crippen molar-refractivity contribution in [2.45, 2.75) is 31.6 Å². The van der Waals surface area contributed by atoms with Crippen LogP contribution in [0.1, 0.15) is 23.1 Å². The summed E-state index contributed by atoms with van der Waals surface area (Å²) < 4.78 is 38.9. The Kier molecular flexibility index (Phi) is 7.60. The van der Waals surface area contributed by atoms with Crippen molar-refractivity contribution in [2.75, 3.05) is 24.3 Å². The van der Waals surface area contributed by atoms with Crippen molar-refractivity contribution in [3.63, 3.8) is 0 Å². The van der Waals surface area contributed by atoms with Crippen LogP contribution in [-0.4, -0.2) is 28.5 Å². The maximum absolute atomic E-state index is 13.0. The van der Waals surface area contributed by atoms with Gasteiger partial charge in [0.2, 0.25) is 5.91 Å². The molecule has 3 aromatic rings. The SMILES string of the molecule is COc1ccc(NS(=O)(=O)c2cc(NC(=O)CCc3ccc(C)cc3C)ccc2OC)cc1. The Bertz CT molecular complexity index is 1240. The quantitative estimate of drug-likeness (QED) is 0.475. The molecule has 0 fully saturated rings. The first-order chi connectivity index (χ1) is 15.7. The highest BCUT2D eigenvalue weighted by molar-refractivity contribution is 7.92. The van der Waals surface area contributed by atoms with Crippen LogP contribution in [0.15, 0.2) is 65.6 Å². The molecule has 0 aliphatic carbocycles. The molecule has 7 nitrogen and oxygen atoms in total. The minimum Gasteiger partial charge on any atom is -0.497 e. The normalized spacial score (nSPS) is 11.0. The van der Waals surface area contributed by atoms with Crippen LogP contribution in [0.4, 0.5) is 11.4 Å². The fraction of sp³-hybridized carbons (Fsp3) is 0.240. The van der Waals surface area contributed by atoms with Crippen molar-refractivity contribution in [1.29, 1.82) is 0 Å². The third-order valence-electron chi connectivity index (χ3n) is 5.20. The maximum Gasteiger partial charge on any atom is 0.265 e. The number of rotatable bonds is 9. The zero-order valence-corrected chi connectivity index (χ0v) is 20.0. The molecule has 0 atom stereocenters. The molecule has 0 saturated heterocycles. The average molecular weight is 469 g/mol. The molecule has 0 aliphatic rings. The molecule has 3 rings (SSSR count). The van der Waals surface area contributed by atoms with Gasteiger partial charge in [-0.1, -0.05) is 23.8 Å². The minimum absolute atomic E-state index is 0.0759. The van der Waals surface area contributed by atoms with E-state index in [1.807, 2.05) is 26.0 Å². The smallest absolute Gasteiger partial charge is 0.265 e. The number of anilines is 2. The molecule has 33 heavy (non-hydrogen) atoms. The number of sulfonamides is 1. The summed E-state index contributed by atoms with van der Waals surface area (Å²) in [7, 11) is -1.04. The number of nitrogens with one attached hydrogen (secondary N) is 2. The lowest BCUT2D eigenvalue weighted by Gasteiger charge is -2.14. The Morgan fingerprint density at radius 1 is 0.879 bits per heavy atom. The first-order valence-electron chi connectivity index (χ1n) is 10.4. The van der Waals surface area contributed by atoms with Crippen molar-refractivity contribution in [2.24, 2.45) is 0 Å². The van der Waals surface area contributed by atoms with Crippen LogP contribution in [0, 0.1) is 13.8 Å². The second kappa shape index (κ2) is 10.4. The van der Waals surface area contributed by atoms with Gasteiger partial charge in [0.05, 0.1) is 14.2 Å². The molecule has 0 heterocycles. The third kappa shape index (κ3) is 6.26. The van der Waals surface area contributed by atoms with E-state index in [0.29, 0.717) is 23.5 Å². The van der Waals surface area contributed by atoms with E-state index in [1.165, 1.54) is 31.9 Å². The number of hydrogen-bond donors (Lipinski definition) is 2. The topological polar surface area (TPSA) is 93.7 Å². The van der Waals surface area contributed by atoms with E-state index in [1.54, 1.807) is 30.3 Å². The number of methoxy groups -OCH3 is 2. The van der Waals surface area contributed by atoms with Gasteiger partial charge in [-0.3, -0.25) is 9.52 Å². The van der Waals surface area contributed by atoms with Crippen LogP contribution < -0.4 is 19.5 Å². The lowest BCUT2D eigenvalue weighted by molar-refractivity contribution is -0.116. The molecule has 8 heteroatoms. The highest BCUT2D eigenvalue weighted by Crippen LogP contribution is 2.29. The number of aryl methyl sites for hydroxylation is 3. The van der Waals surface area contributed by atoms with Crippen LogP contribution in [0.2, 0.25) is 0 Å². The van der Waals surface area contributed by atoms with Crippen LogP contribution >= 0.6 is 0 Å². The molecule has 0 aromatic heterocycles. The van der Waals surface area contributed by atoms with Crippen molar-refractivity contribution >= 4 is 27.3 Å². The number of carbonyl (C=O) groups excluding carboxylic acids is 1. The molecule has 0 saturated carbocycles. The Balaban J connectivity index is 1.74. The van der Waals surface area contributed by atoms with Gasteiger partial charge in [0.1, 0.15) is 16.4 Å². The molecule has 174 valence electrons. The summed E-state index contributed by atoms with van der Waals surface area (Å²) in [5.74, 6) is 0.581. The predicted octanol–water partition coefficient (Wildman–Crippen LogP) is 4.69. The van der Waals surface area contributed by atoms with Gasteiger partial charge in [-0.25, -0.2) is 8.42 Å². The lowest BCUT2D eigenvalue weighted by atomic mass is 10.0. The summed E-state index contributed by atoms with van der Waals surface area (Å²) >= 11 is 0. The molecular formula is C25H28N2O5S. The zero-order valence-electron chi connectivity index (χ0n) is 19.1. The molecule has 2 N–H and O–H groups in total. The monoisotopic (exact) mass is 468 g/mol. The second-order valence-electron chi connectivity index (χ2n) is 7.68.